The molecular weight excluding hydrogens is 561 g/mol. The quantitative estimate of drug-likeness (QED) is 0.470. The standard InChI is InChI=1S/C24H25F7N2O5S/c1-32(11-12-38-2)21(34)14-18-7-3-15-13-16(22(35,23(26,27)28)24(29,30)31)4-10-20(15)33(18)39(36,37)19-8-5-17(25)6-9-19/h4-6,8-10,13,18,35H,3,7,11-12,14H2,1-2H3. The lowest BCUT2D eigenvalue weighted by Gasteiger charge is -2.39. The van der Waals surface area contributed by atoms with Gasteiger partial charge in [-0.2, -0.15) is 26.3 Å². The third-order valence-corrected chi connectivity index (χ3v) is 8.35. The van der Waals surface area contributed by atoms with Crippen molar-refractivity contribution in [3.8, 4) is 0 Å². The highest BCUT2D eigenvalue weighted by Gasteiger charge is 2.71. The van der Waals surface area contributed by atoms with Crippen LogP contribution in [0, 0.1) is 5.82 Å². The number of aliphatic hydroxyl groups is 1. The summed E-state index contributed by atoms with van der Waals surface area (Å²) < 4.78 is 127. The van der Waals surface area contributed by atoms with Gasteiger partial charge >= 0.3 is 12.4 Å². The zero-order valence-corrected chi connectivity index (χ0v) is 21.5. The summed E-state index contributed by atoms with van der Waals surface area (Å²) in [6.07, 6.45) is -13.0. The largest absolute Gasteiger partial charge is 0.430 e. The monoisotopic (exact) mass is 586 g/mol. The molecule has 1 amide bonds. The number of benzene rings is 2. The highest BCUT2D eigenvalue weighted by Crippen LogP contribution is 2.51. The molecule has 0 saturated heterocycles. The molecule has 1 unspecified atom stereocenters. The normalized spacial score (nSPS) is 16.7. The van der Waals surface area contributed by atoms with Crippen molar-refractivity contribution in [2.24, 2.45) is 0 Å². The van der Waals surface area contributed by atoms with Gasteiger partial charge in [-0.1, -0.05) is 12.1 Å². The number of hydrogen-bond donors (Lipinski definition) is 1. The fourth-order valence-electron chi connectivity index (χ4n) is 4.29. The van der Waals surface area contributed by atoms with Gasteiger partial charge in [0.05, 0.1) is 23.2 Å². The summed E-state index contributed by atoms with van der Waals surface area (Å²) in [6, 6.07) is 4.11. The summed E-state index contributed by atoms with van der Waals surface area (Å²) in [6.45, 7) is 0.373. The SMILES string of the molecule is COCCN(C)C(=O)CC1CCc2cc(C(O)(C(F)(F)F)C(F)(F)F)ccc2N1S(=O)(=O)c1ccc(F)cc1. The summed E-state index contributed by atoms with van der Waals surface area (Å²) in [7, 11) is -1.70. The van der Waals surface area contributed by atoms with Crippen molar-refractivity contribution in [2.75, 3.05) is 31.6 Å². The van der Waals surface area contributed by atoms with Crippen LogP contribution in [-0.2, 0) is 31.6 Å². The molecule has 0 radical (unpaired) electrons. The fourth-order valence-corrected chi connectivity index (χ4v) is 6.01. The van der Waals surface area contributed by atoms with E-state index in [0.717, 1.165) is 34.6 Å². The van der Waals surface area contributed by atoms with Crippen molar-refractivity contribution in [3.63, 3.8) is 0 Å². The molecule has 1 aliphatic rings. The lowest BCUT2D eigenvalue weighted by molar-refractivity contribution is -0.376. The lowest BCUT2D eigenvalue weighted by atomic mass is 9.87. The molecule has 216 valence electrons. The Bertz CT molecular complexity index is 1280. The number of hydrogen-bond acceptors (Lipinski definition) is 5. The minimum Gasteiger partial charge on any atom is -0.383 e. The summed E-state index contributed by atoms with van der Waals surface area (Å²) in [5, 5.41) is 9.81. The molecule has 0 bridgehead atoms. The molecule has 0 saturated carbocycles. The second-order valence-corrected chi connectivity index (χ2v) is 10.8. The Kier molecular flexibility index (Phi) is 8.58. The number of methoxy groups -OCH3 is 1. The number of amides is 1. The average Bonchev–Trinajstić information content (AvgIpc) is 2.84. The van der Waals surface area contributed by atoms with Gasteiger partial charge in [0.25, 0.3) is 15.6 Å². The molecular formula is C24H25F7N2O5S. The maximum atomic E-state index is 13.6. The van der Waals surface area contributed by atoms with E-state index in [-0.39, 0.29) is 43.7 Å². The molecule has 2 aromatic carbocycles. The predicted octanol–water partition coefficient (Wildman–Crippen LogP) is 4.14. The van der Waals surface area contributed by atoms with Gasteiger partial charge in [-0.15, -0.1) is 0 Å². The Labute approximate surface area is 219 Å². The van der Waals surface area contributed by atoms with Gasteiger partial charge in [0.15, 0.2) is 0 Å². The zero-order valence-electron chi connectivity index (χ0n) is 20.7. The van der Waals surface area contributed by atoms with Crippen molar-refractivity contribution in [1.82, 2.24) is 4.90 Å². The zero-order chi connectivity index (χ0) is 29.4. The van der Waals surface area contributed by atoms with E-state index >= 15 is 0 Å². The number of carbonyl (C=O) groups is 1. The molecule has 1 aliphatic heterocycles. The predicted molar refractivity (Wildman–Crippen MR) is 125 cm³/mol. The fraction of sp³-hybridized carbons (Fsp3) is 0.458. The number of alkyl halides is 6. The number of halogens is 7. The van der Waals surface area contributed by atoms with E-state index in [2.05, 4.69) is 0 Å². The molecule has 7 nitrogen and oxygen atoms in total. The first kappa shape index (κ1) is 30.6. The molecule has 0 spiro atoms. The average molecular weight is 587 g/mol. The Morgan fingerprint density at radius 1 is 1.08 bits per heavy atom. The molecule has 1 atom stereocenters. The third kappa shape index (κ3) is 5.84. The first-order valence-corrected chi connectivity index (χ1v) is 12.9. The number of sulfonamides is 1. The van der Waals surface area contributed by atoms with Gasteiger partial charge in [-0.05, 0) is 48.7 Å². The maximum Gasteiger partial charge on any atom is 0.430 e. The number of carbonyl (C=O) groups excluding carboxylic acids is 1. The minimum absolute atomic E-state index is 0.142. The number of aryl methyl sites for hydroxylation is 1. The molecule has 0 fully saturated rings. The van der Waals surface area contributed by atoms with Crippen LogP contribution in [0.1, 0.15) is 24.0 Å². The summed E-state index contributed by atoms with van der Waals surface area (Å²) in [5.41, 5.74) is -7.22. The van der Waals surface area contributed by atoms with Crippen LogP contribution in [0.4, 0.5) is 36.4 Å². The molecule has 1 N–H and O–H groups in total. The maximum absolute atomic E-state index is 13.6. The Morgan fingerprint density at radius 2 is 1.67 bits per heavy atom. The summed E-state index contributed by atoms with van der Waals surface area (Å²) >= 11 is 0. The second kappa shape index (κ2) is 10.9. The van der Waals surface area contributed by atoms with Crippen molar-refractivity contribution >= 4 is 21.6 Å². The number of nitrogens with zero attached hydrogens (tertiary/aromatic N) is 2. The highest BCUT2D eigenvalue weighted by molar-refractivity contribution is 7.92. The first-order valence-electron chi connectivity index (χ1n) is 11.5. The number of ether oxygens (including phenoxy) is 1. The first-order chi connectivity index (χ1) is 17.9. The van der Waals surface area contributed by atoms with E-state index in [4.69, 9.17) is 4.74 Å². The van der Waals surface area contributed by atoms with Crippen molar-refractivity contribution in [2.45, 2.75) is 48.2 Å². The number of fused-ring (bicyclic) bond motifs is 1. The van der Waals surface area contributed by atoms with Crippen LogP contribution in [0.2, 0.25) is 0 Å². The van der Waals surface area contributed by atoms with Gasteiger partial charge in [0.1, 0.15) is 5.82 Å². The van der Waals surface area contributed by atoms with Gasteiger partial charge < -0.3 is 14.7 Å². The van der Waals surface area contributed by atoms with Crippen molar-refractivity contribution in [3.05, 3.63) is 59.4 Å². The van der Waals surface area contributed by atoms with E-state index in [1.165, 1.54) is 19.1 Å². The number of rotatable bonds is 8. The Balaban J connectivity index is 2.14. The Hall–Kier alpha value is -2.91. The van der Waals surface area contributed by atoms with E-state index < -0.39 is 56.2 Å². The highest BCUT2D eigenvalue weighted by atomic mass is 32.2. The molecule has 15 heteroatoms. The lowest BCUT2D eigenvalue weighted by Crippen LogP contribution is -2.54. The topological polar surface area (TPSA) is 87.2 Å². The smallest absolute Gasteiger partial charge is 0.383 e. The van der Waals surface area contributed by atoms with E-state index in [0.29, 0.717) is 12.1 Å². The van der Waals surface area contributed by atoms with Crippen LogP contribution >= 0.6 is 0 Å². The summed E-state index contributed by atoms with van der Waals surface area (Å²) in [5.74, 6) is -1.23. The van der Waals surface area contributed by atoms with Crippen molar-refractivity contribution in [1.29, 1.82) is 0 Å². The molecule has 3 rings (SSSR count). The van der Waals surface area contributed by atoms with Crippen LogP contribution in [0.15, 0.2) is 47.4 Å². The van der Waals surface area contributed by atoms with Gasteiger partial charge in [-0.25, -0.2) is 12.8 Å². The summed E-state index contributed by atoms with van der Waals surface area (Å²) in [4.78, 5) is 13.7. The van der Waals surface area contributed by atoms with Crippen LogP contribution in [0.5, 0.6) is 0 Å². The van der Waals surface area contributed by atoms with Gasteiger partial charge in [-0.3, -0.25) is 9.10 Å². The van der Waals surface area contributed by atoms with Gasteiger partial charge in [0.2, 0.25) is 5.91 Å². The van der Waals surface area contributed by atoms with E-state index in [1.807, 2.05) is 0 Å². The molecule has 0 aliphatic carbocycles. The molecule has 2 aromatic rings. The van der Waals surface area contributed by atoms with Crippen LogP contribution < -0.4 is 4.31 Å². The molecule has 1 heterocycles. The van der Waals surface area contributed by atoms with Gasteiger partial charge in [0, 0.05) is 32.7 Å². The van der Waals surface area contributed by atoms with Crippen LogP contribution in [0.25, 0.3) is 0 Å². The molecule has 39 heavy (non-hydrogen) atoms. The number of anilines is 1. The number of likely N-dealkylation sites (N-methyl/N-ethyl adjacent to an activating group) is 1. The second-order valence-electron chi connectivity index (χ2n) is 9.01. The Morgan fingerprint density at radius 3 is 2.21 bits per heavy atom. The molecule has 0 aromatic heterocycles. The van der Waals surface area contributed by atoms with Crippen LogP contribution in [0.3, 0.4) is 0 Å². The van der Waals surface area contributed by atoms with Crippen molar-refractivity contribution < 1.29 is 53.8 Å². The van der Waals surface area contributed by atoms with Crippen LogP contribution in [-0.4, -0.2) is 70.0 Å². The third-order valence-electron chi connectivity index (χ3n) is 6.47. The van der Waals surface area contributed by atoms with E-state index in [9.17, 15) is 49.1 Å². The minimum atomic E-state index is -6.13. The van der Waals surface area contributed by atoms with E-state index in [1.54, 1.807) is 0 Å².